The average molecular weight is 481 g/mol. The fourth-order valence-electron chi connectivity index (χ4n) is 3.42. The maximum absolute atomic E-state index is 12.9. The first-order valence-corrected chi connectivity index (χ1v) is 12.4. The molecule has 0 aromatic heterocycles. The molecule has 178 valence electrons. The van der Waals surface area contributed by atoms with E-state index in [1.54, 1.807) is 0 Å². The maximum Gasteiger partial charge on any atom is 0.335 e. The molecule has 3 aromatic rings. The minimum absolute atomic E-state index is 0.0961. The third-order valence-electron chi connectivity index (χ3n) is 5.27. The summed E-state index contributed by atoms with van der Waals surface area (Å²) in [6.07, 6.45) is 0.761. The topological polar surface area (TPSA) is 113 Å². The lowest BCUT2D eigenvalue weighted by Gasteiger charge is -2.20. The molecule has 7 nitrogen and oxygen atoms in total. The highest BCUT2D eigenvalue weighted by molar-refractivity contribution is 7.39. The van der Waals surface area contributed by atoms with Crippen molar-refractivity contribution in [3.05, 3.63) is 102 Å². The molecular formula is C26H28NO6P. The number of aryl methyl sites for hydroxylation is 1. The summed E-state index contributed by atoms with van der Waals surface area (Å²) in [6.45, 7) is 0. The van der Waals surface area contributed by atoms with Crippen LogP contribution in [0.5, 0.6) is 0 Å². The van der Waals surface area contributed by atoms with Crippen molar-refractivity contribution in [3.63, 3.8) is 0 Å². The van der Waals surface area contributed by atoms with Gasteiger partial charge in [0.25, 0.3) is 5.91 Å². The number of carbonyl (C=O) groups is 2. The lowest BCUT2D eigenvalue weighted by molar-refractivity contribution is -0.122. The lowest BCUT2D eigenvalue weighted by atomic mass is 10.1. The standard InChI is InChI=1S/C26H28NO6P/c28-24(13-7-12-19-8-3-1-4-9-19)34(32)33-23(18-20-10-5-2-6-11-20)25(29)27-22-16-14-21(15-17-22)26(30)31/h1-6,8-11,14-17,23-24,28,34H,7,12-13,18H2,(H,27,29)(H,30,31)/t23?,24-/m0/s1. The first-order valence-electron chi connectivity index (χ1n) is 11.0. The van der Waals surface area contributed by atoms with E-state index < -0.39 is 31.9 Å². The van der Waals surface area contributed by atoms with Crippen LogP contribution in [0, 0.1) is 0 Å². The summed E-state index contributed by atoms with van der Waals surface area (Å²) in [7, 11) is -2.93. The Bertz CT molecular complexity index is 1090. The van der Waals surface area contributed by atoms with Crippen molar-refractivity contribution in [2.45, 2.75) is 37.6 Å². The summed E-state index contributed by atoms with van der Waals surface area (Å²) < 4.78 is 18.3. The molecule has 34 heavy (non-hydrogen) atoms. The molecule has 3 rings (SSSR count). The highest BCUT2D eigenvalue weighted by Gasteiger charge is 2.25. The van der Waals surface area contributed by atoms with Crippen molar-refractivity contribution in [1.29, 1.82) is 0 Å². The largest absolute Gasteiger partial charge is 0.478 e. The van der Waals surface area contributed by atoms with Crippen LogP contribution in [-0.4, -0.2) is 34.0 Å². The number of aromatic carboxylic acids is 1. The van der Waals surface area contributed by atoms with Gasteiger partial charge in [0, 0.05) is 12.1 Å². The molecule has 0 saturated heterocycles. The van der Waals surface area contributed by atoms with Crippen molar-refractivity contribution in [2.24, 2.45) is 0 Å². The number of anilines is 1. The Morgan fingerprint density at radius 2 is 1.47 bits per heavy atom. The molecule has 3 atom stereocenters. The van der Waals surface area contributed by atoms with Gasteiger partial charge in [-0.15, -0.1) is 0 Å². The monoisotopic (exact) mass is 481 g/mol. The number of rotatable bonds is 12. The lowest BCUT2D eigenvalue weighted by Crippen LogP contribution is -2.31. The van der Waals surface area contributed by atoms with Gasteiger partial charge in [-0.25, -0.2) is 4.79 Å². The molecule has 0 aliphatic rings. The van der Waals surface area contributed by atoms with Gasteiger partial charge in [-0.2, -0.15) is 0 Å². The van der Waals surface area contributed by atoms with Gasteiger partial charge in [0.05, 0.1) is 5.56 Å². The number of nitrogens with one attached hydrogen (secondary N) is 1. The van der Waals surface area contributed by atoms with Crippen LogP contribution in [0.4, 0.5) is 5.69 Å². The van der Waals surface area contributed by atoms with Crippen LogP contribution in [-0.2, 0) is 26.7 Å². The number of carboxylic acids is 1. The van der Waals surface area contributed by atoms with Crippen LogP contribution in [0.3, 0.4) is 0 Å². The van der Waals surface area contributed by atoms with Gasteiger partial charge in [0.1, 0.15) is 11.9 Å². The average Bonchev–Trinajstić information content (AvgIpc) is 2.85. The molecule has 3 N–H and O–H groups in total. The Balaban J connectivity index is 1.62. The Morgan fingerprint density at radius 1 is 0.882 bits per heavy atom. The molecular weight excluding hydrogens is 453 g/mol. The molecule has 0 spiro atoms. The van der Waals surface area contributed by atoms with E-state index in [9.17, 15) is 19.3 Å². The highest BCUT2D eigenvalue weighted by Crippen LogP contribution is 2.34. The molecule has 0 aliphatic heterocycles. The van der Waals surface area contributed by atoms with E-state index in [2.05, 4.69) is 5.32 Å². The molecule has 1 amide bonds. The highest BCUT2D eigenvalue weighted by atomic mass is 31.1. The van der Waals surface area contributed by atoms with E-state index in [1.165, 1.54) is 24.3 Å². The number of aliphatic hydroxyl groups excluding tert-OH is 1. The minimum Gasteiger partial charge on any atom is -0.478 e. The molecule has 0 radical (unpaired) electrons. The van der Waals surface area contributed by atoms with Gasteiger partial charge in [-0.3, -0.25) is 9.36 Å². The van der Waals surface area contributed by atoms with E-state index in [4.69, 9.17) is 9.63 Å². The van der Waals surface area contributed by atoms with Gasteiger partial charge in [-0.1, -0.05) is 60.7 Å². The van der Waals surface area contributed by atoms with E-state index >= 15 is 0 Å². The smallest absolute Gasteiger partial charge is 0.335 e. The van der Waals surface area contributed by atoms with Crippen LogP contribution < -0.4 is 5.32 Å². The van der Waals surface area contributed by atoms with E-state index in [-0.39, 0.29) is 12.0 Å². The van der Waals surface area contributed by atoms with Crippen molar-refractivity contribution in [2.75, 3.05) is 5.32 Å². The number of carboxylic acid groups (broad SMARTS) is 1. The van der Waals surface area contributed by atoms with Gasteiger partial charge in [0.2, 0.25) is 8.03 Å². The SMILES string of the molecule is O=C(O)c1ccc(NC(=O)C(Cc2ccccc2)O[PH](=O)[C@H](O)CCCc2ccccc2)cc1. The van der Waals surface area contributed by atoms with Gasteiger partial charge in [0.15, 0.2) is 0 Å². The Morgan fingerprint density at radius 3 is 2.06 bits per heavy atom. The number of amides is 1. The summed E-state index contributed by atoms with van der Waals surface area (Å²) in [5, 5.41) is 22.1. The summed E-state index contributed by atoms with van der Waals surface area (Å²) in [5.74, 6) is -2.75. The third-order valence-corrected chi connectivity index (χ3v) is 6.62. The van der Waals surface area contributed by atoms with Gasteiger partial charge < -0.3 is 20.1 Å². The number of hydrogen-bond acceptors (Lipinski definition) is 5. The minimum atomic E-state index is -2.93. The first kappa shape index (κ1) is 25.4. The Hall–Kier alpha value is -3.25. The second kappa shape index (κ2) is 12.8. The van der Waals surface area contributed by atoms with Gasteiger partial charge >= 0.3 is 5.97 Å². The molecule has 2 unspecified atom stereocenters. The quantitative estimate of drug-likeness (QED) is 0.321. The fraction of sp³-hybridized carbons (Fsp3) is 0.231. The van der Waals surface area contributed by atoms with Crippen LogP contribution in [0.2, 0.25) is 0 Å². The normalized spacial score (nSPS) is 13.6. The number of benzene rings is 3. The fourth-order valence-corrected chi connectivity index (χ4v) is 4.48. The van der Waals surface area contributed by atoms with E-state index in [1.807, 2.05) is 60.7 Å². The van der Waals surface area contributed by atoms with Crippen LogP contribution in [0.25, 0.3) is 0 Å². The summed E-state index contributed by atoms with van der Waals surface area (Å²) in [4.78, 5) is 24.0. The predicted octanol–water partition coefficient (Wildman–Crippen LogP) is 4.77. The van der Waals surface area contributed by atoms with Crippen molar-refractivity contribution < 1.29 is 28.9 Å². The van der Waals surface area contributed by atoms with Crippen molar-refractivity contribution in [3.8, 4) is 0 Å². The molecule has 0 heterocycles. The summed E-state index contributed by atoms with van der Waals surface area (Å²) in [6, 6.07) is 24.7. The molecule has 0 fully saturated rings. The summed E-state index contributed by atoms with van der Waals surface area (Å²) in [5.41, 5.74) is 2.43. The molecule has 3 aromatic carbocycles. The third kappa shape index (κ3) is 7.96. The first-order chi connectivity index (χ1) is 16.4. The Labute approximate surface area is 199 Å². The zero-order valence-electron chi connectivity index (χ0n) is 18.6. The van der Waals surface area contributed by atoms with Crippen molar-refractivity contribution >= 4 is 25.6 Å². The number of hydrogen-bond donors (Lipinski definition) is 3. The molecule has 0 bridgehead atoms. The Kier molecular flexibility index (Phi) is 9.59. The zero-order valence-corrected chi connectivity index (χ0v) is 19.6. The maximum atomic E-state index is 12.9. The summed E-state index contributed by atoms with van der Waals surface area (Å²) >= 11 is 0. The molecule has 0 aliphatic carbocycles. The molecule has 0 saturated carbocycles. The van der Waals surface area contributed by atoms with Crippen LogP contribution >= 0.6 is 8.03 Å². The number of aliphatic hydroxyl groups is 1. The second-order valence-electron chi connectivity index (χ2n) is 7.88. The van der Waals surface area contributed by atoms with E-state index in [0.29, 0.717) is 18.5 Å². The van der Waals surface area contributed by atoms with Crippen molar-refractivity contribution in [1.82, 2.24) is 0 Å². The van der Waals surface area contributed by atoms with Crippen LogP contribution in [0.15, 0.2) is 84.9 Å². The molecule has 8 heteroatoms. The number of carbonyl (C=O) groups excluding carboxylic acids is 1. The second-order valence-corrected chi connectivity index (χ2v) is 9.42. The van der Waals surface area contributed by atoms with E-state index in [0.717, 1.165) is 17.5 Å². The zero-order chi connectivity index (χ0) is 24.3. The van der Waals surface area contributed by atoms with Gasteiger partial charge in [-0.05, 0) is 54.7 Å². The predicted molar refractivity (Wildman–Crippen MR) is 131 cm³/mol. The van der Waals surface area contributed by atoms with Crippen LogP contribution in [0.1, 0.15) is 34.3 Å².